The van der Waals surface area contributed by atoms with E-state index in [2.05, 4.69) is 26.0 Å². The van der Waals surface area contributed by atoms with E-state index in [0.717, 1.165) is 5.56 Å². The van der Waals surface area contributed by atoms with Gasteiger partial charge in [-0.25, -0.2) is 8.42 Å². The molecule has 0 radical (unpaired) electrons. The predicted molar refractivity (Wildman–Crippen MR) is 125 cm³/mol. The molecule has 4 aromatic rings. The van der Waals surface area contributed by atoms with Crippen LogP contribution in [-0.2, 0) is 10.0 Å². The number of rotatable bonds is 5. The number of hydrogen-bond donors (Lipinski definition) is 2. The molecule has 0 saturated heterocycles. The molecule has 4 rings (SSSR count). The van der Waals surface area contributed by atoms with E-state index in [0.29, 0.717) is 38.1 Å². The van der Waals surface area contributed by atoms with Crippen molar-refractivity contribution in [3.63, 3.8) is 0 Å². The molecule has 0 spiro atoms. The molecule has 1 heterocycles. The van der Waals surface area contributed by atoms with Gasteiger partial charge in [0.25, 0.3) is 15.9 Å². The fourth-order valence-corrected chi connectivity index (χ4v) is 4.85. The summed E-state index contributed by atoms with van der Waals surface area (Å²) >= 11 is 3.42. The van der Waals surface area contributed by atoms with Crippen molar-refractivity contribution in [3.05, 3.63) is 88.1 Å². The summed E-state index contributed by atoms with van der Waals surface area (Å²) in [7, 11) is -3.79. The van der Waals surface area contributed by atoms with Gasteiger partial charge in [0.2, 0.25) is 0 Å². The number of nitrogens with one attached hydrogen (secondary N) is 2. The Bertz CT molecular complexity index is 1380. The highest BCUT2D eigenvalue weighted by atomic mass is 79.9. The zero-order valence-corrected chi connectivity index (χ0v) is 19.2. The Balaban J connectivity index is 1.73. The van der Waals surface area contributed by atoms with Gasteiger partial charge in [-0.1, -0.05) is 35.9 Å². The summed E-state index contributed by atoms with van der Waals surface area (Å²) in [5.74, 6) is 0.0931. The van der Waals surface area contributed by atoms with Gasteiger partial charge in [0.15, 0.2) is 0 Å². The van der Waals surface area contributed by atoms with Crippen LogP contribution in [0.5, 0.6) is 0 Å². The van der Waals surface area contributed by atoms with Crippen LogP contribution in [0.2, 0.25) is 0 Å². The molecule has 0 fully saturated rings. The van der Waals surface area contributed by atoms with Crippen molar-refractivity contribution in [3.8, 4) is 0 Å². The van der Waals surface area contributed by atoms with Crippen LogP contribution in [0.15, 0.2) is 80.5 Å². The summed E-state index contributed by atoms with van der Waals surface area (Å²) in [6.45, 7) is 3.58. The highest BCUT2D eigenvalue weighted by Crippen LogP contribution is 2.35. The number of anilines is 2. The molecule has 3 aromatic carbocycles. The maximum atomic E-state index is 12.9. The lowest BCUT2D eigenvalue weighted by Gasteiger charge is -2.10. The second-order valence-electron chi connectivity index (χ2n) is 7.11. The van der Waals surface area contributed by atoms with Crippen LogP contribution in [-0.4, -0.2) is 14.3 Å². The third-order valence-electron chi connectivity index (χ3n) is 4.76. The second-order valence-corrected chi connectivity index (χ2v) is 9.64. The van der Waals surface area contributed by atoms with Crippen molar-refractivity contribution in [2.75, 3.05) is 10.0 Å². The summed E-state index contributed by atoms with van der Waals surface area (Å²) in [5, 5.41) is 3.34. The topological polar surface area (TPSA) is 88.4 Å². The third-order valence-corrected chi connectivity index (χ3v) is 6.75. The number of halogens is 1. The van der Waals surface area contributed by atoms with E-state index in [1.54, 1.807) is 55.5 Å². The van der Waals surface area contributed by atoms with Gasteiger partial charge in [0.05, 0.1) is 20.6 Å². The number of para-hydroxylation sites is 1. The summed E-state index contributed by atoms with van der Waals surface area (Å²) in [6.07, 6.45) is 0. The Hall–Kier alpha value is -3.10. The number of carbonyl (C=O) groups excluding carboxylic acids is 1. The zero-order chi connectivity index (χ0) is 22.2. The number of carbonyl (C=O) groups is 1. The van der Waals surface area contributed by atoms with Crippen molar-refractivity contribution in [1.29, 1.82) is 0 Å². The van der Waals surface area contributed by atoms with Crippen molar-refractivity contribution >= 4 is 54.2 Å². The smallest absolute Gasteiger partial charge is 0.261 e. The van der Waals surface area contributed by atoms with Gasteiger partial charge in [-0.05, 0) is 66.2 Å². The summed E-state index contributed by atoms with van der Waals surface area (Å²) in [4.78, 5) is 13.1. The molecule has 0 atom stereocenters. The number of fused-ring (bicyclic) bond motifs is 1. The molecule has 0 unspecified atom stereocenters. The van der Waals surface area contributed by atoms with Crippen LogP contribution in [0.4, 0.5) is 11.4 Å². The molecule has 0 saturated carbocycles. The minimum atomic E-state index is -3.79. The standard InChI is InChI=1S/C23H19BrN2O4S/c1-14-8-10-18(11-9-14)31(28,29)26-17-12-19-21(15(2)30-22(19)20(24)13-17)23(27)25-16-6-4-3-5-7-16/h3-13,26H,1-2H3,(H,25,27). The molecule has 0 bridgehead atoms. The van der Waals surface area contributed by atoms with Gasteiger partial charge >= 0.3 is 0 Å². The lowest BCUT2D eigenvalue weighted by molar-refractivity contribution is 0.102. The molecular weight excluding hydrogens is 480 g/mol. The zero-order valence-electron chi connectivity index (χ0n) is 16.8. The number of hydrogen-bond acceptors (Lipinski definition) is 4. The average Bonchev–Trinajstić information content (AvgIpc) is 3.05. The molecule has 6 nitrogen and oxygen atoms in total. The summed E-state index contributed by atoms with van der Waals surface area (Å²) < 4.78 is 34.5. The van der Waals surface area contributed by atoms with Gasteiger partial charge < -0.3 is 9.73 Å². The third kappa shape index (κ3) is 4.35. The summed E-state index contributed by atoms with van der Waals surface area (Å²) in [6, 6.07) is 18.8. The van der Waals surface area contributed by atoms with E-state index in [4.69, 9.17) is 4.42 Å². The minimum Gasteiger partial charge on any atom is -0.459 e. The van der Waals surface area contributed by atoms with Gasteiger partial charge in [0, 0.05) is 11.1 Å². The largest absolute Gasteiger partial charge is 0.459 e. The molecule has 158 valence electrons. The highest BCUT2D eigenvalue weighted by molar-refractivity contribution is 9.10. The van der Waals surface area contributed by atoms with E-state index in [-0.39, 0.29) is 10.8 Å². The van der Waals surface area contributed by atoms with E-state index in [9.17, 15) is 13.2 Å². The van der Waals surface area contributed by atoms with Gasteiger partial charge in [-0.3, -0.25) is 9.52 Å². The van der Waals surface area contributed by atoms with Crippen LogP contribution in [0.1, 0.15) is 21.7 Å². The SMILES string of the molecule is Cc1ccc(S(=O)(=O)Nc2cc(Br)c3oc(C)c(C(=O)Nc4ccccc4)c3c2)cc1. The van der Waals surface area contributed by atoms with Gasteiger partial charge in [-0.15, -0.1) is 0 Å². The monoisotopic (exact) mass is 498 g/mol. The van der Waals surface area contributed by atoms with E-state index < -0.39 is 10.0 Å². The minimum absolute atomic E-state index is 0.153. The first-order chi connectivity index (χ1) is 14.7. The Morgan fingerprint density at radius 1 is 0.935 bits per heavy atom. The van der Waals surface area contributed by atoms with Crippen LogP contribution in [0.3, 0.4) is 0 Å². The molecule has 0 aliphatic carbocycles. The quantitative estimate of drug-likeness (QED) is 0.360. The van der Waals surface area contributed by atoms with Crippen LogP contribution < -0.4 is 10.0 Å². The Labute approximate surface area is 188 Å². The maximum Gasteiger partial charge on any atom is 0.261 e. The Morgan fingerprint density at radius 3 is 2.29 bits per heavy atom. The van der Waals surface area contributed by atoms with Crippen molar-refractivity contribution in [1.82, 2.24) is 0 Å². The van der Waals surface area contributed by atoms with E-state index >= 15 is 0 Å². The van der Waals surface area contributed by atoms with E-state index in [1.165, 1.54) is 0 Å². The molecule has 8 heteroatoms. The lowest BCUT2D eigenvalue weighted by Crippen LogP contribution is -2.14. The first-order valence-corrected chi connectivity index (χ1v) is 11.7. The number of aryl methyl sites for hydroxylation is 2. The molecule has 31 heavy (non-hydrogen) atoms. The fraction of sp³-hybridized carbons (Fsp3) is 0.0870. The Kier molecular flexibility index (Phi) is 5.60. The normalized spacial score (nSPS) is 11.5. The first-order valence-electron chi connectivity index (χ1n) is 9.43. The van der Waals surface area contributed by atoms with Crippen LogP contribution in [0.25, 0.3) is 11.0 Å². The summed E-state index contributed by atoms with van der Waals surface area (Å²) in [5.41, 5.74) is 2.74. The molecule has 0 aliphatic heterocycles. The number of furan rings is 1. The lowest BCUT2D eigenvalue weighted by atomic mass is 10.1. The molecular formula is C23H19BrN2O4S. The average molecular weight is 499 g/mol. The van der Waals surface area contributed by atoms with E-state index in [1.807, 2.05) is 25.1 Å². The Morgan fingerprint density at radius 2 is 1.61 bits per heavy atom. The fourth-order valence-electron chi connectivity index (χ4n) is 3.26. The molecule has 2 N–H and O–H groups in total. The molecule has 1 aromatic heterocycles. The van der Waals surface area contributed by atoms with Crippen LogP contribution >= 0.6 is 15.9 Å². The number of amides is 1. The second kappa shape index (κ2) is 8.20. The molecule has 1 amide bonds. The number of benzene rings is 3. The predicted octanol–water partition coefficient (Wildman–Crippen LogP) is 5.87. The number of sulfonamides is 1. The van der Waals surface area contributed by atoms with Crippen molar-refractivity contribution in [2.45, 2.75) is 18.7 Å². The van der Waals surface area contributed by atoms with Gasteiger partial charge in [0.1, 0.15) is 11.3 Å². The van der Waals surface area contributed by atoms with Crippen LogP contribution in [0, 0.1) is 13.8 Å². The van der Waals surface area contributed by atoms with Crippen molar-refractivity contribution in [2.24, 2.45) is 0 Å². The molecule has 0 aliphatic rings. The first kappa shape index (κ1) is 21.1. The van der Waals surface area contributed by atoms with Gasteiger partial charge in [-0.2, -0.15) is 0 Å². The maximum absolute atomic E-state index is 12.9. The van der Waals surface area contributed by atoms with Crippen molar-refractivity contribution < 1.29 is 17.6 Å². The highest BCUT2D eigenvalue weighted by Gasteiger charge is 2.22.